The van der Waals surface area contributed by atoms with E-state index in [2.05, 4.69) is 27.7 Å². The molecule has 0 aromatic heterocycles. The fourth-order valence-corrected chi connectivity index (χ4v) is 6.03. The van der Waals surface area contributed by atoms with Crippen LogP contribution in [0.25, 0.3) is 0 Å². The number of hydrogen-bond donors (Lipinski definition) is 0. The Morgan fingerprint density at radius 2 is 2.03 bits per heavy atom. The minimum Gasteiger partial charge on any atom is -0.458 e. The van der Waals surface area contributed by atoms with Gasteiger partial charge in [0.05, 0.1) is 0 Å². The van der Waals surface area contributed by atoms with Crippen LogP contribution in [0.15, 0.2) is 22.8 Å². The van der Waals surface area contributed by atoms with Crippen molar-refractivity contribution in [2.45, 2.75) is 97.9 Å². The Labute approximate surface area is 176 Å². The normalized spacial score (nSPS) is 37.3. The number of ether oxygens (including phenoxy) is 3. The van der Waals surface area contributed by atoms with Gasteiger partial charge < -0.3 is 14.2 Å². The monoisotopic (exact) mass is 402 g/mol. The van der Waals surface area contributed by atoms with E-state index in [1.165, 1.54) is 36.8 Å². The standard InChI is InChI=1S/C25H38O4/c1-17(2)18-10-11-24(3)12-13-25(4)19(23(18)24)16-21(26)29-20(25)8-7-15-28-22-9-5-6-14-27-22/h16-17,20,22H,5-15H2,1-4H3/t20-,22?,24-,25+/m1/s1. The molecule has 0 bridgehead atoms. The van der Waals surface area contributed by atoms with Crippen LogP contribution in [0.1, 0.15) is 85.5 Å². The molecule has 162 valence electrons. The molecule has 0 aromatic carbocycles. The van der Waals surface area contributed by atoms with Crippen LogP contribution in [-0.4, -0.2) is 31.6 Å². The predicted molar refractivity (Wildman–Crippen MR) is 113 cm³/mol. The summed E-state index contributed by atoms with van der Waals surface area (Å²) >= 11 is 0. The highest BCUT2D eigenvalue weighted by molar-refractivity contribution is 5.86. The van der Waals surface area contributed by atoms with Gasteiger partial charge in [0.1, 0.15) is 6.10 Å². The largest absolute Gasteiger partial charge is 0.458 e. The van der Waals surface area contributed by atoms with Crippen molar-refractivity contribution < 1.29 is 19.0 Å². The molecule has 0 N–H and O–H groups in total. The third-order valence-electron chi connectivity index (χ3n) is 7.93. The molecule has 0 spiro atoms. The summed E-state index contributed by atoms with van der Waals surface area (Å²) in [5.74, 6) is 0.376. The van der Waals surface area contributed by atoms with Crippen LogP contribution in [0.5, 0.6) is 0 Å². The maximum absolute atomic E-state index is 12.5. The molecule has 29 heavy (non-hydrogen) atoms. The third-order valence-corrected chi connectivity index (χ3v) is 7.93. The summed E-state index contributed by atoms with van der Waals surface area (Å²) in [5.41, 5.74) is 4.50. The van der Waals surface area contributed by atoms with Crippen LogP contribution in [0.4, 0.5) is 0 Å². The Kier molecular flexibility index (Phi) is 5.96. The van der Waals surface area contributed by atoms with E-state index in [9.17, 15) is 4.79 Å². The van der Waals surface area contributed by atoms with Gasteiger partial charge in [-0.15, -0.1) is 0 Å². The fourth-order valence-electron chi connectivity index (χ4n) is 6.03. The molecule has 2 aliphatic heterocycles. The van der Waals surface area contributed by atoms with Gasteiger partial charge in [0.25, 0.3) is 0 Å². The first-order valence-electron chi connectivity index (χ1n) is 11.7. The van der Waals surface area contributed by atoms with E-state index in [0.717, 1.165) is 38.7 Å². The topological polar surface area (TPSA) is 44.8 Å². The Balaban J connectivity index is 1.48. The minimum atomic E-state index is -0.161. The molecule has 2 heterocycles. The van der Waals surface area contributed by atoms with Crippen LogP contribution >= 0.6 is 0 Å². The van der Waals surface area contributed by atoms with Crippen molar-refractivity contribution in [1.29, 1.82) is 0 Å². The minimum absolute atomic E-state index is 0.0451. The molecule has 0 aromatic rings. The average molecular weight is 403 g/mol. The van der Waals surface area contributed by atoms with Crippen molar-refractivity contribution in [3.63, 3.8) is 0 Å². The summed E-state index contributed by atoms with van der Waals surface area (Å²) in [6.07, 6.45) is 11.5. The third kappa shape index (κ3) is 3.95. The summed E-state index contributed by atoms with van der Waals surface area (Å²) in [6, 6.07) is 0. The van der Waals surface area contributed by atoms with Crippen LogP contribution in [0, 0.1) is 16.7 Å². The zero-order chi connectivity index (χ0) is 20.6. The molecule has 1 saturated carbocycles. The van der Waals surface area contributed by atoms with E-state index in [1.807, 2.05) is 6.08 Å². The lowest BCUT2D eigenvalue weighted by Gasteiger charge is -2.50. The molecule has 4 rings (SSSR count). The van der Waals surface area contributed by atoms with Gasteiger partial charge in [0.2, 0.25) is 0 Å². The van der Waals surface area contributed by atoms with E-state index in [0.29, 0.717) is 12.5 Å². The van der Waals surface area contributed by atoms with Crippen molar-refractivity contribution >= 4 is 5.97 Å². The van der Waals surface area contributed by atoms with Gasteiger partial charge >= 0.3 is 5.97 Å². The molecule has 2 fully saturated rings. The second-order valence-electron chi connectivity index (χ2n) is 10.3. The van der Waals surface area contributed by atoms with Crippen molar-refractivity contribution in [3.8, 4) is 0 Å². The number of hydrogen-bond acceptors (Lipinski definition) is 4. The highest BCUT2D eigenvalue weighted by atomic mass is 16.7. The van der Waals surface area contributed by atoms with E-state index in [-0.39, 0.29) is 29.2 Å². The number of rotatable bonds is 6. The van der Waals surface area contributed by atoms with Gasteiger partial charge in [-0.1, -0.05) is 33.3 Å². The number of cyclic esters (lactones) is 1. The van der Waals surface area contributed by atoms with Gasteiger partial charge in [-0.3, -0.25) is 0 Å². The molecular formula is C25H38O4. The molecule has 0 radical (unpaired) electrons. The van der Waals surface area contributed by atoms with Crippen molar-refractivity contribution in [1.82, 2.24) is 0 Å². The summed E-state index contributed by atoms with van der Waals surface area (Å²) in [7, 11) is 0. The maximum Gasteiger partial charge on any atom is 0.331 e. The molecule has 4 heteroatoms. The molecule has 2 aliphatic carbocycles. The Morgan fingerprint density at radius 3 is 2.76 bits per heavy atom. The first-order chi connectivity index (χ1) is 13.8. The van der Waals surface area contributed by atoms with Gasteiger partial charge in [-0.05, 0) is 80.3 Å². The van der Waals surface area contributed by atoms with E-state index in [4.69, 9.17) is 14.2 Å². The maximum atomic E-state index is 12.5. The van der Waals surface area contributed by atoms with Crippen molar-refractivity contribution in [2.75, 3.05) is 13.2 Å². The first-order valence-corrected chi connectivity index (χ1v) is 11.7. The van der Waals surface area contributed by atoms with Crippen LogP contribution in [-0.2, 0) is 19.0 Å². The summed E-state index contributed by atoms with van der Waals surface area (Å²) in [5, 5.41) is 0. The predicted octanol–water partition coefficient (Wildman–Crippen LogP) is 5.71. The Bertz CT molecular complexity index is 700. The van der Waals surface area contributed by atoms with Gasteiger partial charge in [-0.2, -0.15) is 0 Å². The molecular weight excluding hydrogens is 364 g/mol. The summed E-state index contributed by atoms with van der Waals surface area (Å²) in [6.45, 7) is 10.8. The van der Waals surface area contributed by atoms with Crippen molar-refractivity contribution in [3.05, 3.63) is 22.8 Å². The lowest BCUT2D eigenvalue weighted by molar-refractivity contribution is -0.166. The van der Waals surface area contributed by atoms with E-state index in [1.54, 1.807) is 5.57 Å². The molecule has 1 unspecified atom stereocenters. The van der Waals surface area contributed by atoms with Crippen LogP contribution < -0.4 is 0 Å². The van der Waals surface area contributed by atoms with E-state index >= 15 is 0 Å². The number of carbonyl (C=O) groups is 1. The SMILES string of the molecule is CC(C)C1=C2C3=CC(=O)O[C@H](CCCOC4CCCCO4)[C@@]3(C)CC[C@@]2(C)CC1. The Morgan fingerprint density at radius 1 is 1.21 bits per heavy atom. The fraction of sp³-hybridized carbons (Fsp3) is 0.800. The number of fused-ring (bicyclic) bond motifs is 3. The summed E-state index contributed by atoms with van der Waals surface area (Å²) < 4.78 is 17.5. The molecule has 0 amide bonds. The van der Waals surface area contributed by atoms with Gasteiger partial charge in [0, 0.05) is 24.7 Å². The molecule has 4 aliphatic rings. The lowest BCUT2D eigenvalue weighted by Crippen LogP contribution is -2.47. The highest BCUT2D eigenvalue weighted by Crippen LogP contribution is 2.62. The average Bonchev–Trinajstić information content (AvgIpc) is 3.05. The molecule has 1 saturated heterocycles. The zero-order valence-electron chi connectivity index (χ0n) is 18.7. The first kappa shape index (κ1) is 21.1. The van der Waals surface area contributed by atoms with Crippen molar-refractivity contribution in [2.24, 2.45) is 16.7 Å². The van der Waals surface area contributed by atoms with Crippen LogP contribution in [0.2, 0.25) is 0 Å². The van der Waals surface area contributed by atoms with E-state index < -0.39 is 0 Å². The second kappa shape index (κ2) is 8.19. The second-order valence-corrected chi connectivity index (χ2v) is 10.3. The Hall–Kier alpha value is -1.13. The number of carbonyl (C=O) groups excluding carboxylic acids is 1. The lowest BCUT2D eigenvalue weighted by atomic mass is 9.56. The quantitative estimate of drug-likeness (QED) is 0.421. The highest BCUT2D eigenvalue weighted by Gasteiger charge is 2.54. The number of allylic oxidation sites excluding steroid dienone is 2. The number of esters is 1. The van der Waals surface area contributed by atoms with Crippen LogP contribution in [0.3, 0.4) is 0 Å². The summed E-state index contributed by atoms with van der Waals surface area (Å²) in [4.78, 5) is 12.5. The zero-order valence-corrected chi connectivity index (χ0v) is 18.7. The smallest absolute Gasteiger partial charge is 0.331 e. The molecule has 4 nitrogen and oxygen atoms in total. The van der Waals surface area contributed by atoms with Gasteiger partial charge in [0.15, 0.2) is 6.29 Å². The molecule has 4 atom stereocenters. The van der Waals surface area contributed by atoms with Gasteiger partial charge in [-0.25, -0.2) is 4.79 Å².